The van der Waals surface area contributed by atoms with Crippen molar-refractivity contribution in [2.24, 2.45) is 0 Å². The van der Waals surface area contributed by atoms with Crippen molar-refractivity contribution in [3.8, 4) is 0 Å². The molecule has 0 bridgehead atoms. The summed E-state index contributed by atoms with van der Waals surface area (Å²) < 4.78 is 54.5. The molecule has 2 N–H and O–H groups in total. The number of hydrogen-bond donors (Lipinski definition) is 2. The van der Waals surface area contributed by atoms with E-state index in [0.29, 0.717) is 11.9 Å². The maximum Gasteiger partial charge on any atom is 0.264 e. The smallest absolute Gasteiger partial charge is 0.264 e. The predicted octanol–water partition coefficient (Wildman–Crippen LogP) is 3.15. The molecule has 0 radical (unpaired) electrons. The zero-order chi connectivity index (χ0) is 23.9. The van der Waals surface area contributed by atoms with Crippen molar-refractivity contribution in [1.29, 1.82) is 0 Å². The molecular formula is C22H21F2N7O2S. The molecule has 176 valence electrons. The number of rotatable bonds is 6. The molecule has 9 nitrogen and oxygen atoms in total. The fourth-order valence-electron chi connectivity index (χ4n) is 4.10. The number of fused-ring (bicyclic) bond motifs is 1. The third-order valence-corrected chi connectivity index (χ3v) is 7.28. The van der Waals surface area contributed by atoms with Crippen LogP contribution in [0.3, 0.4) is 0 Å². The highest BCUT2D eigenvalue weighted by atomic mass is 32.2. The van der Waals surface area contributed by atoms with Gasteiger partial charge in [-0.05, 0) is 42.8 Å². The van der Waals surface area contributed by atoms with E-state index in [-0.39, 0.29) is 11.7 Å². The van der Waals surface area contributed by atoms with Crippen LogP contribution in [-0.2, 0) is 10.0 Å². The second-order valence-corrected chi connectivity index (χ2v) is 9.67. The maximum absolute atomic E-state index is 13.9. The highest BCUT2D eigenvalue weighted by Gasteiger charge is 2.28. The third-order valence-electron chi connectivity index (χ3n) is 5.89. The minimum Gasteiger partial charge on any atom is -0.355 e. The largest absolute Gasteiger partial charge is 0.355 e. The van der Waals surface area contributed by atoms with Crippen molar-refractivity contribution < 1.29 is 17.2 Å². The van der Waals surface area contributed by atoms with Gasteiger partial charge in [0, 0.05) is 32.4 Å². The summed E-state index contributed by atoms with van der Waals surface area (Å²) >= 11 is 0. The molecule has 1 aliphatic heterocycles. The van der Waals surface area contributed by atoms with Crippen LogP contribution in [0.1, 0.15) is 6.42 Å². The van der Waals surface area contributed by atoms with Gasteiger partial charge in [0.2, 0.25) is 0 Å². The van der Waals surface area contributed by atoms with E-state index in [1.807, 2.05) is 24.2 Å². The molecule has 0 amide bonds. The molecule has 12 heteroatoms. The first kappa shape index (κ1) is 22.0. The fourth-order valence-corrected chi connectivity index (χ4v) is 5.23. The van der Waals surface area contributed by atoms with E-state index < -0.39 is 26.6 Å². The number of nitrogens with one attached hydrogen (secondary N) is 2. The average molecular weight is 486 g/mol. The second-order valence-electron chi connectivity index (χ2n) is 8.02. The van der Waals surface area contributed by atoms with E-state index >= 15 is 0 Å². The zero-order valence-corrected chi connectivity index (χ0v) is 18.9. The van der Waals surface area contributed by atoms with Crippen LogP contribution in [-0.4, -0.2) is 54.5 Å². The average Bonchev–Trinajstić information content (AvgIpc) is 3.50. The summed E-state index contributed by atoms with van der Waals surface area (Å²) in [6, 6.07) is 7.60. The van der Waals surface area contributed by atoms with Gasteiger partial charge in [0.05, 0.1) is 17.3 Å². The van der Waals surface area contributed by atoms with Gasteiger partial charge < -0.3 is 14.8 Å². The van der Waals surface area contributed by atoms with Crippen molar-refractivity contribution in [3.63, 3.8) is 0 Å². The van der Waals surface area contributed by atoms with Crippen molar-refractivity contribution >= 4 is 38.4 Å². The Morgan fingerprint density at radius 3 is 2.79 bits per heavy atom. The normalized spacial score (nSPS) is 16.2. The lowest BCUT2D eigenvalue weighted by atomic mass is 10.2. The van der Waals surface area contributed by atoms with Gasteiger partial charge >= 0.3 is 0 Å². The van der Waals surface area contributed by atoms with Gasteiger partial charge in [0.25, 0.3) is 10.0 Å². The fraction of sp³-hybridized carbons (Fsp3) is 0.227. The van der Waals surface area contributed by atoms with Crippen LogP contribution in [0.4, 0.5) is 26.1 Å². The first-order valence-corrected chi connectivity index (χ1v) is 12.0. The molecule has 1 aromatic carbocycles. The summed E-state index contributed by atoms with van der Waals surface area (Å²) in [5.41, 5.74) is 0.935. The molecular weight excluding hydrogens is 464 g/mol. The number of aromatic nitrogens is 4. The van der Waals surface area contributed by atoms with Crippen LogP contribution in [0.15, 0.2) is 60.0 Å². The van der Waals surface area contributed by atoms with Gasteiger partial charge in [-0.15, -0.1) is 0 Å². The van der Waals surface area contributed by atoms with Crippen LogP contribution >= 0.6 is 0 Å². The van der Waals surface area contributed by atoms with Gasteiger partial charge in [0.15, 0.2) is 0 Å². The van der Waals surface area contributed by atoms with Crippen LogP contribution in [0, 0.1) is 11.6 Å². The van der Waals surface area contributed by atoms with Gasteiger partial charge in [-0.3, -0.25) is 4.72 Å². The first-order valence-electron chi connectivity index (χ1n) is 10.5. The maximum atomic E-state index is 13.9. The Hall–Kier alpha value is -3.80. The van der Waals surface area contributed by atoms with Crippen molar-refractivity contribution in [2.75, 3.05) is 34.7 Å². The summed E-state index contributed by atoms with van der Waals surface area (Å²) in [6.07, 6.45) is 5.62. The van der Waals surface area contributed by atoms with E-state index in [1.54, 1.807) is 12.4 Å². The Morgan fingerprint density at radius 1 is 1.15 bits per heavy atom. The Kier molecular flexibility index (Phi) is 5.52. The van der Waals surface area contributed by atoms with E-state index in [1.165, 1.54) is 12.3 Å². The Labute approximate surface area is 194 Å². The SMILES string of the molecule is CN(c1ccc(NS(=O)(=O)c2cc(F)ccc2F)cn1)[C@@H]1CCN(c2ncnc3[nH]ccc23)C1. The Bertz CT molecular complexity index is 1440. The molecule has 1 saturated heterocycles. The molecule has 5 rings (SSSR count). The Balaban J connectivity index is 1.28. The van der Waals surface area contributed by atoms with Crippen molar-refractivity contribution in [1.82, 2.24) is 19.9 Å². The van der Waals surface area contributed by atoms with Gasteiger partial charge in [-0.1, -0.05) is 0 Å². The second kappa shape index (κ2) is 8.52. The van der Waals surface area contributed by atoms with Gasteiger partial charge in [0.1, 0.15) is 40.1 Å². The molecule has 0 spiro atoms. The standard InChI is InChI=1S/C22H21F2N7O2S/c1-30(16-7-9-31(12-16)22-17-6-8-25-21(17)27-13-28-22)20-5-3-15(11-26-20)29-34(32,33)19-10-14(23)2-4-18(19)24/h2-6,8,10-11,13,16,29H,7,9,12H2,1H3,(H,25,27,28)/t16-/m1/s1. The lowest BCUT2D eigenvalue weighted by Crippen LogP contribution is -2.35. The van der Waals surface area contributed by atoms with E-state index in [9.17, 15) is 17.2 Å². The molecule has 34 heavy (non-hydrogen) atoms. The van der Waals surface area contributed by atoms with E-state index in [0.717, 1.165) is 48.5 Å². The summed E-state index contributed by atoms with van der Waals surface area (Å²) in [5.74, 6) is -0.350. The molecule has 0 aliphatic carbocycles. The van der Waals surface area contributed by atoms with Gasteiger partial charge in [-0.2, -0.15) is 0 Å². The lowest BCUT2D eigenvalue weighted by molar-refractivity contribution is 0.555. The molecule has 4 heterocycles. The molecule has 1 fully saturated rings. The van der Waals surface area contributed by atoms with Crippen LogP contribution < -0.4 is 14.5 Å². The van der Waals surface area contributed by atoms with Crippen LogP contribution in [0.2, 0.25) is 0 Å². The molecule has 0 saturated carbocycles. The topological polar surface area (TPSA) is 107 Å². The minimum absolute atomic E-state index is 0.143. The van der Waals surface area contributed by atoms with Gasteiger partial charge in [-0.25, -0.2) is 32.2 Å². The summed E-state index contributed by atoms with van der Waals surface area (Å²) in [5, 5.41) is 0.968. The number of nitrogens with zero attached hydrogens (tertiary/aromatic N) is 5. The molecule has 0 unspecified atom stereocenters. The van der Waals surface area contributed by atoms with Crippen LogP contribution in [0.5, 0.6) is 0 Å². The first-order chi connectivity index (χ1) is 16.3. The number of hydrogen-bond acceptors (Lipinski definition) is 7. The van der Waals surface area contributed by atoms with Crippen molar-refractivity contribution in [3.05, 3.63) is 66.8 Å². The van der Waals surface area contributed by atoms with E-state index in [2.05, 4.69) is 29.6 Å². The quantitative estimate of drug-likeness (QED) is 0.432. The summed E-state index contributed by atoms with van der Waals surface area (Å²) in [6.45, 7) is 1.56. The number of sulfonamides is 1. The lowest BCUT2D eigenvalue weighted by Gasteiger charge is -2.26. The Morgan fingerprint density at radius 2 is 2.00 bits per heavy atom. The predicted molar refractivity (Wildman–Crippen MR) is 124 cm³/mol. The number of pyridine rings is 1. The monoisotopic (exact) mass is 485 g/mol. The van der Waals surface area contributed by atoms with Crippen molar-refractivity contribution in [2.45, 2.75) is 17.4 Å². The number of aromatic amines is 1. The number of halogens is 2. The highest BCUT2D eigenvalue weighted by molar-refractivity contribution is 7.92. The number of anilines is 3. The number of likely N-dealkylation sites (N-methyl/N-ethyl adjacent to an activating group) is 1. The third kappa shape index (κ3) is 4.12. The summed E-state index contributed by atoms with van der Waals surface area (Å²) in [4.78, 5) is 19.6. The highest BCUT2D eigenvalue weighted by Crippen LogP contribution is 2.28. The minimum atomic E-state index is -4.31. The molecule has 4 aromatic rings. The molecule has 1 aliphatic rings. The molecule has 3 aromatic heterocycles. The molecule has 1 atom stereocenters. The van der Waals surface area contributed by atoms with E-state index in [4.69, 9.17) is 0 Å². The zero-order valence-electron chi connectivity index (χ0n) is 18.1. The van der Waals surface area contributed by atoms with Crippen LogP contribution in [0.25, 0.3) is 11.0 Å². The summed E-state index contributed by atoms with van der Waals surface area (Å²) in [7, 11) is -2.38. The number of benzene rings is 1. The number of H-pyrrole nitrogens is 1.